The van der Waals surface area contributed by atoms with E-state index >= 15 is 0 Å². The Morgan fingerprint density at radius 3 is 2.72 bits per heavy atom. The third-order valence-corrected chi connectivity index (χ3v) is 5.13. The first-order valence-corrected chi connectivity index (χ1v) is 9.20. The molecule has 8 heteroatoms. The number of anilines is 1. The minimum atomic E-state index is -0.667. The quantitative estimate of drug-likeness (QED) is 0.770. The molecule has 1 unspecified atom stereocenters. The number of nitrogens with one attached hydrogen (secondary N) is 2. The highest BCUT2D eigenvalue weighted by atomic mass is 16.5. The van der Waals surface area contributed by atoms with Gasteiger partial charge in [0, 0.05) is 24.2 Å². The highest BCUT2D eigenvalue weighted by Gasteiger charge is 2.39. The Bertz CT molecular complexity index is 1030. The first-order valence-electron chi connectivity index (χ1n) is 9.20. The van der Waals surface area contributed by atoms with Gasteiger partial charge in [0.25, 0.3) is 11.8 Å². The summed E-state index contributed by atoms with van der Waals surface area (Å²) in [5, 5.41) is 5.09. The van der Waals surface area contributed by atoms with Crippen LogP contribution in [0.3, 0.4) is 0 Å². The van der Waals surface area contributed by atoms with Crippen molar-refractivity contribution in [2.75, 3.05) is 12.4 Å². The average Bonchev–Trinajstić information content (AvgIpc) is 3.03. The smallest absolute Gasteiger partial charge is 0.259 e. The topological polar surface area (TPSA) is 105 Å². The van der Waals surface area contributed by atoms with E-state index in [2.05, 4.69) is 10.6 Å². The number of nitrogens with zero attached hydrogens (tertiary/aromatic N) is 1. The maximum absolute atomic E-state index is 12.7. The fraction of sp³-hybridized carbons (Fsp3) is 0.238. The second kappa shape index (κ2) is 7.38. The number of carbonyl (C=O) groups excluding carboxylic acids is 4. The maximum Gasteiger partial charge on any atom is 0.259 e. The van der Waals surface area contributed by atoms with Gasteiger partial charge in [0.15, 0.2) is 0 Å². The van der Waals surface area contributed by atoms with Crippen LogP contribution in [-0.4, -0.2) is 41.7 Å². The van der Waals surface area contributed by atoms with Crippen molar-refractivity contribution in [1.29, 1.82) is 0 Å². The Kier molecular flexibility index (Phi) is 4.75. The van der Waals surface area contributed by atoms with Gasteiger partial charge in [-0.2, -0.15) is 0 Å². The Morgan fingerprint density at radius 1 is 1.17 bits per heavy atom. The highest BCUT2D eigenvalue weighted by Crippen LogP contribution is 2.30. The largest absolute Gasteiger partial charge is 0.496 e. The molecule has 4 rings (SSSR count). The van der Waals surface area contributed by atoms with E-state index in [9.17, 15) is 19.2 Å². The van der Waals surface area contributed by atoms with Crippen molar-refractivity contribution in [2.45, 2.75) is 25.4 Å². The van der Waals surface area contributed by atoms with Gasteiger partial charge in [0.2, 0.25) is 11.8 Å². The van der Waals surface area contributed by atoms with E-state index in [4.69, 9.17) is 4.74 Å². The Morgan fingerprint density at radius 2 is 1.97 bits per heavy atom. The lowest BCUT2D eigenvalue weighted by Crippen LogP contribution is -2.52. The highest BCUT2D eigenvalue weighted by molar-refractivity contribution is 6.08. The first kappa shape index (κ1) is 18.7. The second-order valence-corrected chi connectivity index (χ2v) is 6.93. The van der Waals surface area contributed by atoms with Crippen LogP contribution in [-0.2, 0) is 16.1 Å². The molecule has 0 bridgehead atoms. The molecule has 2 aromatic carbocycles. The fourth-order valence-electron chi connectivity index (χ4n) is 3.68. The number of benzene rings is 2. The molecule has 29 heavy (non-hydrogen) atoms. The fourth-order valence-corrected chi connectivity index (χ4v) is 3.68. The van der Waals surface area contributed by atoms with Crippen molar-refractivity contribution >= 4 is 29.3 Å². The van der Waals surface area contributed by atoms with Crippen LogP contribution in [0.2, 0.25) is 0 Å². The number of rotatable bonds is 4. The van der Waals surface area contributed by atoms with Crippen LogP contribution in [0.5, 0.6) is 5.75 Å². The zero-order valence-electron chi connectivity index (χ0n) is 15.7. The summed E-state index contributed by atoms with van der Waals surface area (Å²) in [4.78, 5) is 50.3. The van der Waals surface area contributed by atoms with Gasteiger partial charge in [-0.25, -0.2) is 0 Å². The molecule has 0 saturated carbocycles. The second-order valence-electron chi connectivity index (χ2n) is 6.93. The van der Waals surface area contributed by atoms with Gasteiger partial charge in [-0.3, -0.25) is 24.5 Å². The lowest BCUT2D eigenvalue weighted by molar-refractivity contribution is -0.136. The summed E-state index contributed by atoms with van der Waals surface area (Å²) in [6, 6.07) is 11.2. The van der Waals surface area contributed by atoms with E-state index in [0.29, 0.717) is 29.0 Å². The molecule has 2 aliphatic rings. The monoisotopic (exact) mass is 393 g/mol. The van der Waals surface area contributed by atoms with Gasteiger partial charge in [-0.05, 0) is 42.3 Å². The normalized spacial score (nSPS) is 18.3. The van der Waals surface area contributed by atoms with Gasteiger partial charge >= 0.3 is 0 Å². The summed E-state index contributed by atoms with van der Waals surface area (Å²) in [7, 11) is 1.50. The van der Waals surface area contributed by atoms with Crippen LogP contribution in [0.15, 0.2) is 42.5 Å². The number of carbonyl (C=O) groups is 4. The predicted molar refractivity (Wildman–Crippen MR) is 103 cm³/mol. The standard InChI is InChI=1S/C21H19N3O5/c1-29-17-5-3-2-4-15(17)19(26)22-13-6-7-14-12(10-13)11-24(21(14)28)16-8-9-18(25)23-20(16)27/h2-7,10,16H,8-9,11H2,1H3,(H,22,26)(H,23,25,27). The van der Waals surface area contributed by atoms with E-state index in [1.807, 2.05) is 0 Å². The Labute approximate surface area is 166 Å². The first-order chi connectivity index (χ1) is 14.0. The third-order valence-electron chi connectivity index (χ3n) is 5.13. The molecule has 148 valence electrons. The molecule has 1 saturated heterocycles. The molecule has 0 aromatic heterocycles. The van der Waals surface area contributed by atoms with Crippen molar-refractivity contribution in [3.63, 3.8) is 0 Å². The van der Waals surface area contributed by atoms with Gasteiger partial charge in [0.1, 0.15) is 11.8 Å². The van der Waals surface area contributed by atoms with E-state index in [-0.39, 0.29) is 30.7 Å². The molecular formula is C21H19N3O5. The average molecular weight is 393 g/mol. The van der Waals surface area contributed by atoms with Crippen LogP contribution in [0.25, 0.3) is 0 Å². The maximum atomic E-state index is 12.7. The number of hydrogen-bond acceptors (Lipinski definition) is 5. The van der Waals surface area contributed by atoms with Gasteiger partial charge in [0.05, 0.1) is 12.7 Å². The summed E-state index contributed by atoms with van der Waals surface area (Å²) in [5.74, 6) is -0.889. The molecule has 2 heterocycles. The number of imide groups is 1. The lowest BCUT2D eigenvalue weighted by atomic mass is 10.0. The third kappa shape index (κ3) is 3.44. The van der Waals surface area contributed by atoms with Crippen LogP contribution >= 0.6 is 0 Å². The summed E-state index contributed by atoms with van der Waals surface area (Å²) >= 11 is 0. The lowest BCUT2D eigenvalue weighted by Gasteiger charge is -2.29. The summed E-state index contributed by atoms with van der Waals surface area (Å²) in [6.07, 6.45) is 0.512. The van der Waals surface area contributed by atoms with Crippen molar-refractivity contribution in [1.82, 2.24) is 10.2 Å². The van der Waals surface area contributed by atoms with Gasteiger partial charge in [-0.1, -0.05) is 12.1 Å². The van der Waals surface area contributed by atoms with Gasteiger partial charge in [-0.15, -0.1) is 0 Å². The van der Waals surface area contributed by atoms with Crippen molar-refractivity contribution in [3.8, 4) is 5.75 Å². The number of amides is 4. The molecule has 2 aromatic rings. The molecular weight excluding hydrogens is 374 g/mol. The zero-order chi connectivity index (χ0) is 20.5. The number of piperidine rings is 1. The van der Waals surface area contributed by atoms with Crippen LogP contribution < -0.4 is 15.4 Å². The molecule has 8 nitrogen and oxygen atoms in total. The van der Waals surface area contributed by atoms with E-state index in [1.165, 1.54) is 12.0 Å². The molecule has 2 N–H and O–H groups in total. The van der Waals surface area contributed by atoms with Gasteiger partial charge < -0.3 is 15.0 Å². The molecule has 1 atom stereocenters. The number of para-hydroxylation sites is 1. The molecule has 0 spiro atoms. The molecule has 0 radical (unpaired) electrons. The molecule has 2 aliphatic heterocycles. The molecule has 0 aliphatic carbocycles. The SMILES string of the molecule is COc1ccccc1C(=O)Nc1ccc2c(c1)CN(C1CCC(=O)NC1=O)C2=O. The Balaban J connectivity index is 1.52. The summed E-state index contributed by atoms with van der Waals surface area (Å²) < 4.78 is 5.22. The van der Waals surface area contributed by atoms with Crippen LogP contribution in [0, 0.1) is 0 Å². The predicted octanol–water partition coefficient (Wildman–Crippen LogP) is 1.71. The minimum absolute atomic E-state index is 0.205. The van der Waals surface area contributed by atoms with Crippen molar-refractivity contribution < 1.29 is 23.9 Å². The number of ether oxygens (including phenoxy) is 1. The summed E-state index contributed by atoms with van der Waals surface area (Å²) in [6.45, 7) is 0.249. The Hall–Kier alpha value is -3.68. The van der Waals surface area contributed by atoms with Crippen molar-refractivity contribution in [3.05, 3.63) is 59.2 Å². The van der Waals surface area contributed by atoms with Crippen LogP contribution in [0.1, 0.15) is 39.1 Å². The number of hydrogen-bond donors (Lipinski definition) is 2. The zero-order valence-corrected chi connectivity index (χ0v) is 15.7. The van der Waals surface area contributed by atoms with Crippen molar-refractivity contribution in [2.24, 2.45) is 0 Å². The van der Waals surface area contributed by atoms with Crippen LogP contribution in [0.4, 0.5) is 5.69 Å². The van der Waals surface area contributed by atoms with E-state index in [1.54, 1.807) is 42.5 Å². The number of methoxy groups -OCH3 is 1. The van der Waals surface area contributed by atoms with E-state index in [0.717, 1.165) is 5.56 Å². The van der Waals surface area contributed by atoms with E-state index < -0.39 is 11.9 Å². The minimum Gasteiger partial charge on any atom is -0.496 e. The number of fused-ring (bicyclic) bond motifs is 1. The molecule has 1 fully saturated rings. The molecule has 4 amide bonds. The summed E-state index contributed by atoms with van der Waals surface area (Å²) in [5.41, 5.74) is 2.15.